The summed E-state index contributed by atoms with van der Waals surface area (Å²) in [5.74, 6) is 2.89. The Labute approximate surface area is 176 Å². The molecule has 2 aliphatic rings. The van der Waals surface area contributed by atoms with Gasteiger partial charge in [-0.2, -0.15) is 11.8 Å². The zero-order chi connectivity index (χ0) is 16.8. The maximum absolute atomic E-state index is 6.45. The Morgan fingerprint density at radius 2 is 1.88 bits per heavy atom. The van der Waals surface area contributed by atoms with Gasteiger partial charge in [0.25, 0.3) is 0 Å². The molecule has 2 saturated heterocycles. The van der Waals surface area contributed by atoms with Gasteiger partial charge in [0.05, 0.1) is 25.8 Å². The van der Waals surface area contributed by atoms with Crippen LogP contribution < -0.4 is 5.73 Å². The lowest BCUT2D eigenvalue weighted by Gasteiger charge is -2.35. The molecule has 0 radical (unpaired) electrons. The summed E-state index contributed by atoms with van der Waals surface area (Å²) in [6, 6.07) is 8.17. The van der Waals surface area contributed by atoms with Crippen molar-refractivity contribution in [3.63, 3.8) is 0 Å². The molecular formula is C17H26ClIN4OS. The van der Waals surface area contributed by atoms with Crippen LogP contribution in [0.15, 0.2) is 29.3 Å². The molecule has 8 heteroatoms. The van der Waals surface area contributed by atoms with Gasteiger partial charge in [-0.25, -0.2) is 0 Å². The van der Waals surface area contributed by atoms with Crippen molar-refractivity contribution in [1.82, 2.24) is 9.80 Å². The molecule has 25 heavy (non-hydrogen) atoms. The van der Waals surface area contributed by atoms with E-state index < -0.39 is 0 Å². The topological polar surface area (TPSA) is 54.1 Å². The van der Waals surface area contributed by atoms with E-state index in [-0.39, 0.29) is 30.0 Å². The molecule has 0 spiro atoms. The lowest BCUT2D eigenvalue weighted by atomic mass is 10.0. The molecule has 3 rings (SSSR count). The SMILES string of the molecule is I.NC(=NCC(c1ccccc1Cl)N1CCOCC1)N1CCSCC1. The van der Waals surface area contributed by atoms with Crippen molar-refractivity contribution >= 4 is 53.3 Å². The number of benzene rings is 1. The molecule has 2 heterocycles. The van der Waals surface area contributed by atoms with Crippen LogP contribution in [0.3, 0.4) is 0 Å². The van der Waals surface area contributed by atoms with Gasteiger partial charge in [-0.05, 0) is 11.6 Å². The predicted octanol–water partition coefficient (Wildman–Crippen LogP) is 2.69. The van der Waals surface area contributed by atoms with Crippen LogP contribution in [0.4, 0.5) is 0 Å². The molecule has 0 amide bonds. The van der Waals surface area contributed by atoms with E-state index in [1.54, 1.807) is 0 Å². The standard InChI is InChI=1S/C17H25ClN4OS.HI/c18-15-4-2-1-3-14(15)16(21-5-9-23-10-6-21)13-20-17(19)22-7-11-24-12-8-22;/h1-4,16H,5-13H2,(H2,19,20);1H. The van der Waals surface area contributed by atoms with Gasteiger partial charge in [0.2, 0.25) is 0 Å². The molecule has 140 valence electrons. The number of thioether (sulfide) groups is 1. The van der Waals surface area contributed by atoms with Crippen molar-refractivity contribution in [2.45, 2.75) is 6.04 Å². The molecule has 0 bridgehead atoms. The Morgan fingerprint density at radius 3 is 2.56 bits per heavy atom. The van der Waals surface area contributed by atoms with Crippen molar-refractivity contribution in [2.24, 2.45) is 10.7 Å². The molecule has 1 atom stereocenters. The van der Waals surface area contributed by atoms with Crippen LogP contribution in [-0.4, -0.2) is 73.2 Å². The van der Waals surface area contributed by atoms with Crippen LogP contribution in [0.2, 0.25) is 5.02 Å². The number of nitrogens with two attached hydrogens (primary N) is 1. The van der Waals surface area contributed by atoms with Gasteiger partial charge in [0.15, 0.2) is 5.96 Å². The normalized spacial score (nSPS) is 20.8. The van der Waals surface area contributed by atoms with Gasteiger partial charge in [-0.1, -0.05) is 29.8 Å². The third-order valence-corrected chi connectivity index (χ3v) is 5.80. The molecule has 2 N–H and O–H groups in total. The van der Waals surface area contributed by atoms with Gasteiger partial charge < -0.3 is 15.4 Å². The van der Waals surface area contributed by atoms with E-state index in [0.717, 1.165) is 61.5 Å². The first kappa shape index (κ1) is 21.1. The van der Waals surface area contributed by atoms with E-state index >= 15 is 0 Å². The van der Waals surface area contributed by atoms with Crippen LogP contribution in [0, 0.1) is 0 Å². The number of ether oxygens (including phenoxy) is 1. The zero-order valence-electron chi connectivity index (χ0n) is 14.3. The number of nitrogens with zero attached hydrogens (tertiary/aromatic N) is 3. The van der Waals surface area contributed by atoms with E-state index in [4.69, 9.17) is 27.1 Å². The highest BCUT2D eigenvalue weighted by Gasteiger charge is 2.24. The minimum atomic E-state index is 0. The minimum absolute atomic E-state index is 0. The van der Waals surface area contributed by atoms with Crippen molar-refractivity contribution in [2.75, 3.05) is 57.4 Å². The highest BCUT2D eigenvalue weighted by Crippen LogP contribution is 2.28. The van der Waals surface area contributed by atoms with Gasteiger partial charge >= 0.3 is 0 Å². The highest BCUT2D eigenvalue weighted by atomic mass is 127. The van der Waals surface area contributed by atoms with Gasteiger partial charge in [-0.15, -0.1) is 24.0 Å². The maximum atomic E-state index is 6.45. The highest BCUT2D eigenvalue weighted by molar-refractivity contribution is 14.0. The zero-order valence-corrected chi connectivity index (χ0v) is 18.2. The first-order chi connectivity index (χ1) is 11.8. The molecule has 2 aliphatic heterocycles. The first-order valence-electron chi connectivity index (χ1n) is 8.44. The average molecular weight is 497 g/mol. The quantitative estimate of drug-likeness (QED) is 0.395. The Morgan fingerprint density at radius 1 is 1.20 bits per heavy atom. The molecule has 1 aromatic carbocycles. The number of hydrogen-bond acceptors (Lipinski definition) is 4. The van der Waals surface area contributed by atoms with Crippen LogP contribution >= 0.6 is 47.3 Å². The summed E-state index contributed by atoms with van der Waals surface area (Å²) in [7, 11) is 0. The monoisotopic (exact) mass is 496 g/mol. The molecule has 1 aromatic rings. The molecule has 0 aromatic heterocycles. The Hall–Kier alpha value is -0.220. The largest absolute Gasteiger partial charge is 0.379 e. The second-order valence-corrected chi connectivity index (χ2v) is 7.62. The van der Waals surface area contributed by atoms with Gasteiger partial charge in [-0.3, -0.25) is 9.89 Å². The summed E-state index contributed by atoms with van der Waals surface area (Å²) < 4.78 is 5.49. The second kappa shape index (κ2) is 10.8. The Bertz CT molecular complexity index is 565. The molecule has 1 unspecified atom stereocenters. The van der Waals surface area contributed by atoms with Crippen LogP contribution in [0.5, 0.6) is 0 Å². The lowest BCUT2D eigenvalue weighted by Crippen LogP contribution is -2.44. The third-order valence-electron chi connectivity index (χ3n) is 4.51. The van der Waals surface area contributed by atoms with Crippen molar-refractivity contribution in [1.29, 1.82) is 0 Å². The first-order valence-corrected chi connectivity index (χ1v) is 9.98. The number of aliphatic imine (C=N–C) groups is 1. The summed E-state index contributed by atoms with van der Waals surface area (Å²) >= 11 is 8.42. The van der Waals surface area contributed by atoms with Crippen LogP contribution in [-0.2, 0) is 4.74 Å². The predicted molar refractivity (Wildman–Crippen MR) is 117 cm³/mol. The van der Waals surface area contributed by atoms with E-state index in [2.05, 4.69) is 15.9 Å². The Balaban J connectivity index is 0.00000225. The Kier molecular flexibility index (Phi) is 9.12. The molecule has 2 fully saturated rings. The minimum Gasteiger partial charge on any atom is -0.379 e. The number of morpholine rings is 1. The average Bonchev–Trinajstić information content (AvgIpc) is 2.65. The molecular weight excluding hydrogens is 471 g/mol. The van der Waals surface area contributed by atoms with E-state index in [9.17, 15) is 0 Å². The second-order valence-electron chi connectivity index (χ2n) is 5.98. The number of guanidine groups is 1. The van der Waals surface area contributed by atoms with Crippen molar-refractivity contribution in [3.8, 4) is 0 Å². The third kappa shape index (κ3) is 5.89. The summed E-state index contributed by atoms with van der Waals surface area (Å²) in [5.41, 5.74) is 7.35. The van der Waals surface area contributed by atoms with E-state index in [1.165, 1.54) is 0 Å². The number of halogens is 2. The lowest BCUT2D eigenvalue weighted by molar-refractivity contribution is 0.0179. The molecule has 0 saturated carbocycles. The van der Waals surface area contributed by atoms with Crippen molar-refractivity contribution in [3.05, 3.63) is 34.9 Å². The van der Waals surface area contributed by atoms with E-state index in [0.29, 0.717) is 12.5 Å². The summed E-state index contributed by atoms with van der Waals surface area (Å²) in [6.07, 6.45) is 0. The van der Waals surface area contributed by atoms with Crippen LogP contribution in [0.1, 0.15) is 11.6 Å². The number of rotatable bonds is 4. The smallest absolute Gasteiger partial charge is 0.191 e. The number of hydrogen-bond donors (Lipinski definition) is 1. The van der Waals surface area contributed by atoms with Crippen molar-refractivity contribution < 1.29 is 4.74 Å². The van der Waals surface area contributed by atoms with Gasteiger partial charge in [0.1, 0.15) is 0 Å². The summed E-state index contributed by atoms with van der Waals surface area (Å²) in [4.78, 5) is 9.29. The molecule has 5 nitrogen and oxygen atoms in total. The van der Waals surface area contributed by atoms with Gasteiger partial charge in [0, 0.05) is 42.7 Å². The fraction of sp³-hybridized carbons (Fsp3) is 0.588. The fourth-order valence-electron chi connectivity index (χ4n) is 3.12. The fourth-order valence-corrected chi connectivity index (χ4v) is 4.28. The molecule has 0 aliphatic carbocycles. The van der Waals surface area contributed by atoms with Crippen LogP contribution in [0.25, 0.3) is 0 Å². The summed E-state index contributed by atoms with van der Waals surface area (Å²) in [6.45, 7) is 5.88. The van der Waals surface area contributed by atoms with E-state index in [1.807, 2.05) is 30.0 Å². The summed E-state index contributed by atoms with van der Waals surface area (Å²) in [5, 5.41) is 0.789. The maximum Gasteiger partial charge on any atom is 0.191 e.